The van der Waals surface area contributed by atoms with E-state index in [9.17, 15) is 4.79 Å². The van der Waals surface area contributed by atoms with Gasteiger partial charge in [0.25, 0.3) is 5.91 Å². The molecule has 0 saturated heterocycles. The molecule has 1 aromatic carbocycles. The normalized spacial score (nSPS) is 9.95. The molecule has 0 aliphatic rings. The molecule has 0 unspecified atom stereocenters. The lowest BCUT2D eigenvalue weighted by molar-refractivity contribution is 0.0785. The van der Waals surface area contributed by atoms with Gasteiger partial charge in [0, 0.05) is 19.0 Å². The summed E-state index contributed by atoms with van der Waals surface area (Å²) in [4.78, 5) is 13.9. The topological polar surface area (TPSA) is 44.1 Å². The van der Waals surface area contributed by atoms with E-state index in [0.29, 0.717) is 12.1 Å². The Hall–Kier alpha value is -2.12. The third-order valence-electron chi connectivity index (χ3n) is 2.91. The number of nitriles is 1. The molecule has 0 atom stereocenters. The van der Waals surface area contributed by atoms with E-state index < -0.39 is 0 Å². The number of rotatable bonds is 3. The Bertz CT molecular complexity index is 640. The fourth-order valence-corrected chi connectivity index (χ4v) is 2.69. The molecule has 0 aliphatic heterocycles. The number of thiophene rings is 1. The van der Waals surface area contributed by atoms with Gasteiger partial charge in [0.2, 0.25) is 0 Å². The van der Waals surface area contributed by atoms with E-state index in [1.807, 2.05) is 35.9 Å². The number of benzene rings is 1. The van der Waals surface area contributed by atoms with Crippen molar-refractivity contribution < 1.29 is 4.79 Å². The van der Waals surface area contributed by atoms with Crippen LogP contribution in [0.1, 0.15) is 27.0 Å². The molecular formula is C15H14N2OS. The van der Waals surface area contributed by atoms with E-state index in [1.165, 1.54) is 11.3 Å². The second kappa shape index (κ2) is 5.68. The zero-order chi connectivity index (χ0) is 13.8. The van der Waals surface area contributed by atoms with E-state index in [4.69, 9.17) is 5.26 Å². The van der Waals surface area contributed by atoms with Crippen LogP contribution in [0.2, 0.25) is 0 Å². The molecule has 96 valence electrons. The minimum atomic E-state index is 0.0149. The molecule has 4 heteroatoms. The zero-order valence-corrected chi connectivity index (χ0v) is 11.7. The third kappa shape index (κ3) is 3.01. The second-order valence-electron chi connectivity index (χ2n) is 4.44. The molecule has 3 nitrogen and oxygen atoms in total. The molecule has 19 heavy (non-hydrogen) atoms. The highest BCUT2D eigenvalue weighted by molar-refractivity contribution is 7.08. The van der Waals surface area contributed by atoms with Crippen LogP contribution < -0.4 is 0 Å². The Kier molecular flexibility index (Phi) is 3.98. The minimum absolute atomic E-state index is 0.0149. The zero-order valence-electron chi connectivity index (χ0n) is 10.9. The summed E-state index contributed by atoms with van der Waals surface area (Å²) in [7, 11) is 1.78. The van der Waals surface area contributed by atoms with Gasteiger partial charge in [-0.3, -0.25) is 4.79 Å². The monoisotopic (exact) mass is 270 g/mol. The molecule has 1 amide bonds. The van der Waals surface area contributed by atoms with Crippen LogP contribution in [0.5, 0.6) is 0 Å². The SMILES string of the molecule is Cc1cscc1C(=O)N(C)Cc1cccc(C#N)c1. The molecule has 0 aliphatic carbocycles. The molecule has 2 aromatic rings. The maximum Gasteiger partial charge on any atom is 0.255 e. The van der Waals surface area contributed by atoms with Crippen molar-refractivity contribution >= 4 is 17.2 Å². The Balaban J connectivity index is 2.13. The predicted octanol–water partition coefficient (Wildman–Crippen LogP) is 3.20. The van der Waals surface area contributed by atoms with Gasteiger partial charge in [-0.1, -0.05) is 12.1 Å². The number of carbonyl (C=O) groups excluding carboxylic acids is 1. The Morgan fingerprint density at radius 1 is 1.42 bits per heavy atom. The van der Waals surface area contributed by atoms with Crippen LogP contribution in [0.3, 0.4) is 0 Å². The van der Waals surface area contributed by atoms with Crippen LogP contribution in [0.4, 0.5) is 0 Å². The third-order valence-corrected chi connectivity index (χ3v) is 3.77. The summed E-state index contributed by atoms with van der Waals surface area (Å²) in [6.07, 6.45) is 0. The van der Waals surface area contributed by atoms with Gasteiger partial charge in [-0.25, -0.2) is 0 Å². The van der Waals surface area contributed by atoms with Crippen LogP contribution >= 0.6 is 11.3 Å². The second-order valence-corrected chi connectivity index (χ2v) is 5.19. The fraction of sp³-hybridized carbons (Fsp3) is 0.200. The van der Waals surface area contributed by atoms with Gasteiger partial charge in [0.05, 0.1) is 17.2 Å². The van der Waals surface area contributed by atoms with E-state index >= 15 is 0 Å². The van der Waals surface area contributed by atoms with Gasteiger partial charge in [-0.2, -0.15) is 16.6 Å². The molecule has 0 spiro atoms. The number of nitrogens with zero attached hydrogens (tertiary/aromatic N) is 2. The Labute approximate surface area is 116 Å². The Morgan fingerprint density at radius 2 is 2.21 bits per heavy atom. The fourth-order valence-electron chi connectivity index (χ4n) is 1.87. The van der Waals surface area contributed by atoms with Crippen LogP contribution in [0.25, 0.3) is 0 Å². The van der Waals surface area contributed by atoms with E-state index in [1.54, 1.807) is 18.0 Å². The molecule has 0 saturated carbocycles. The molecule has 0 bridgehead atoms. The first-order chi connectivity index (χ1) is 9.11. The van der Waals surface area contributed by atoms with Crippen molar-refractivity contribution in [1.82, 2.24) is 4.90 Å². The summed E-state index contributed by atoms with van der Waals surface area (Å²) < 4.78 is 0. The quantitative estimate of drug-likeness (QED) is 0.859. The number of hydrogen-bond acceptors (Lipinski definition) is 3. The average Bonchev–Trinajstić information content (AvgIpc) is 2.84. The molecule has 0 radical (unpaired) electrons. The maximum atomic E-state index is 12.3. The van der Waals surface area contributed by atoms with Crippen molar-refractivity contribution in [2.45, 2.75) is 13.5 Å². The van der Waals surface area contributed by atoms with Gasteiger partial charge >= 0.3 is 0 Å². The number of amides is 1. The number of carbonyl (C=O) groups is 1. The lowest BCUT2D eigenvalue weighted by Crippen LogP contribution is -2.26. The van der Waals surface area contributed by atoms with Crippen molar-refractivity contribution in [1.29, 1.82) is 5.26 Å². The highest BCUT2D eigenvalue weighted by Crippen LogP contribution is 2.17. The summed E-state index contributed by atoms with van der Waals surface area (Å²) in [6, 6.07) is 9.43. The van der Waals surface area contributed by atoms with Gasteiger partial charge in [-0.15, -0.1) is 0 Å². The van der Waals surface area contributed by atoms with E-state index in [0.717, 1.165) is 16.7 Å². The largest absolute Gasteiger partial charge is 0.337 e. The lowest BCUT2D eigenvalue weighted by Gasteiger charge is -2.17. The predicted molar refractivity (Wildman–Crippen MR) is 76.0 cm³/mol. The molecule has 0 fully saturated rings. The number of hydrogen-bond donors (Lipinski definition) is 0. The molecule has 2 rings (SSSR count). The summed E-state index contributed by atoms with van der Waals surface area (Å²) in [5.41, 5.74) is 3.34. The van der Waals surface area contributed by atoms with Crippen molar-refractivity contribution in [3.05, 3.63) is 57.3 Å². The van der Waals surface area contributed by atoms with Crippen LogP contribution in [-0.2, 0) is 6.54 Å². The summed E-state index contributed by atoms with van der Waals surface area (Å²) in [6.45, 7) is 2.44. The summed E-state index contributed by atoms with van der Waals surface area (Å²) in [5, 5.41) is 12.7. The number of aryl methyl sites for hydroxylation is 1. The Morgan fingerprint density at radius 3 is 2.84 bits per heavy atom. The van der Waals surface area contributed by atoms with Crippen LogP contribution in [0, 0.1) is 18.3 Å². The van der Waals surface area contributed by atoms with E-state index in [-0.39, 0.29) is 5.91 Å². The highest BCUT2D eigenvalue weighted by atomic mass is 32.1. The van der Waals surface area contributed by atoms with Crippen molar-refractivity contribution in [2.75, 3.05) is 7.05 Å². The average molecular weight is 270 g/mol. The summed E-state index contributed by atoms with van der Waals surface area (Å²) in [5.74, 6) is 0.0149. The van der Waals surface area contributed by atoms with Gasteiger partial charge in [-0.05, 0) is 35.6 Å². The maximum absolute atomic E-state index is 12.3. The van der Waals surface area contributed by atoms with Gasteiger partial charge in [0.1, 0.15) is 0 Å². The van der Waals surface area contributed by atoms with Crippen LogP contribution in [-0.4, -0.2) is 17.9 Å². The minimum Gasteiger partial charge on any atom is -0.337 e. The molecule has 1 heterocycles. The van der Waals surface area contributed by atoms with Gasteiger partial charge in [0.15, 0.2) is 0 Å². The smallest absolute Gasteiger partial charge is 0.255 e. The van der Waals surface area contributed by atoms with Crippen LogP contribution in [0.15, 0.2) is 35.0 Å². The van der Waals surface area contributed by atoms with Crippen molar-refractivity contribution in [2.24, 2.45) is 0 Å². The van der Waals surface area contributed by atoms with E-state index in [2.05, 4.69) is 6.07 Å². The van der Waals surface area contributed by atoms with Crippen molar-refractivity contribution in [3.63, 3.8) is 0 Å². The van der Waals surface area contributed by atoms with Gasteiger partial charge < -0.3 is 4.90 Å². The van der Waals surface area contributed by atoms with Crippen molar-refractivity contribution in [3.8, 4) is 6.07 Å². The molecular weight excluding hydrogens is 256 g/mol. The lowest BCUT2D eigenvalue weighted by atomic mass is 10.1. The highest BCUT2D eigenvalue weighted by Gasteiger charge is 2.15. The summed E-state index contributed by atoms with van der Waals surface area (Å²) >= 11 is 1.53. The molecule has 0 N–H and O–H groups in total. The first-order valence-electron chi connectivity index (χ1n) is 5.89. The first-order valence-corrected chi connectivity index (χ1v) is 6.83. The molecule has 1 aromatic heterocycles. The standard InChI is InChI=1S/C15H14N2OS/c1-11-9-19-10-14(11)15(18)17(2)8-13-5-3-4-12(6-13)7-16/h3-6,9-10H,8H2,1-2H3. The first kappa shape index (κ1) is 13.3.